The maximum Gasteiger partial charge on any atom is -0.0160 e. The molecule has 0 aromatic carbocycles. The Kier molecular flexibility index (Phi) is 9.36. The van der Waals surface area contributed by atoms with Gasteiger partial charge in [0.15, 0.2) is 0 Å². The van der Waals surface area contributed by atoms with E-state index in [-0.39, 0.29) is 0 Å². The van der Waals surface area contributed by atoms with Gasteiger partial charge >= 0.3 is 0 Å². The predicted octanol–water partition coefficient (Wildman–Crippen LogP) is 6.23. The van der Waals surface area contributed by atoms with E-state index in [0.29, 0.717) is 5.92 Å². The largest absolute Gasteiger partial charge is 0.0991 e. The monoisotopic (exact) mass is 246 g/mol. The summed E-state index contributed by atoms with van der Waals surface area (Å²) in [6.45, 7) is 14.9. The molecule has 0 unspecified atom stereocenters. The van der Waals surface area contributed by atoms with Gasteiger partial charge in [0.1, 0.15) is 0 Å². The fraction of sp³-hybridized carbons (Fsp3) is 0.556. The Morgan fingerprint density at radius 1 is 1.11 bits per heavy atom. The highest BCUT2D eigenvalue weighted by atomic mass is 14.2. The highest BCUT2D eigenvalue weighted by Gasteiger charge is 2.15. The van der Waals surface area contributed by atoms with Crippen LogP contribution in [0.15, 0.2) is 47.6 Å². The van der Waals surface area contributed by atoms with Crippen LogP contribution in [0.5, 0.6) is 0 Å². The quantitative estimate of drug-likeness (QED) is 0.445. The van der Waals surface area contributed by atoms with Gasteiger partial charge in [0.05, 0.1) is 0 Å². The van der Waals surface area contributed by atoms with Crippen molar-refractivity contribution in [2.75, 3.05) is 0 Å². The van der Waals surface area contributed by atoms with Gasteiger partial charge in [-0.3, -0.25) is 0 Å². The Morgan fingerprint density at radius 2 is 1.67 bits per heavy atom. The summed E-state index contributed by atoms with van der Waals surface area (Å²) >= 11 is 0. The minimum Gasteiger partial charge on any atom is -0.0991 e. The summed E-state index contributed by atoms with van der Waals surface area (Å²) in [5, 5.41) is 0. The molecule has 0 aromatic heterocycles. The molecule has 0 atom stereocenters. The fourth-order valence-corrected chi connectivity index (χ4v) is 2.48. The van der Waals surface area contributed by atoms with Crippen molar-refractivity contribution in [1.29, 1.82) is 0 Å². The van der Waals surface area contributed by atoms with E-state index in [4.69, 9.17) is 0 Å². The number of hydrogen-bond donors (Lipinski definition) is 0. The zero-order valence-electron chi connectivity index (χ0n) is 12.9. The normalized spacial score (nSPS) is 12.2. The van der Waals surface area contributed by atoms with Crippen LogP contribution in [0.3, 0.4) is 0 Å². The van der Waals surface area contributed by atoms with E-state index < -0.39 is 0 Å². The SMILES string of the molecule is C=C/C=C\C(=C(C)C)/C(=C\C)C(CCC)CCC. The molecule has 0 radical (unpaired) electrons. The smallest absolute Gasteiger partial charge is 0.0160 e. The molecule has 0 heteroatoms. The second-order valence-corrected chi connectivity index (χ2v) is 5.03. The van der Waals surface area contributed by atoms with Gasteiger partial charge in [0.2, 0.25) is 0 Å². The first-order chi connectivity index (χ1) is 8.62. The summed E-state index contributed by atoms with van der Waals surface area (Å²) in [5.74, 6) is 0.698. The van der Waals surface area contributed by atoms with Crippen molar-refractivity contribution in [3.63, 3.8) is 0 Å². The van der Waals surface area contributed by atoms with E-state index in [1.165, 1.54) is 42.4 Å². The average molecular weight is 246 g/mol. The van der Waals surface area contributed by atoms with Crippen LogP contribution in [0.2, 0.25) is 0 Å². The van der Waals surface area contributed by atoms with Crippen molar-refractivity contribution < 1.29 is 0 Å². The lowest BCUT2D eigenvalue weighted by molar-refractivity contribution is 0.508. The summed E-state index contributed by atoms with van der Waals surface area (Å²) in [5.41, 5.74) is 4.29. The highest BCUT2D eigenvalue weighted by Crippen LogP contribution is 2.30. The fourth-order valence-electron chi connectivity index (χ4n) is 2.48. The Bertz CT molecular complexity index is 316. The topological polar surface area (TPSA) is 0 Å². The second kappa shape index (κ2) is 9.94. The van der Waals surface area contributed by atoms with Crippen LogP contribution in [-0.4, -0.2) is 0 Å². The summed E-state index contributed by atoms with van der Waals surface area (Å²) in [6.07, 6.45) is 13.5. The van der Waals surface area contributed by atoms with Crippen LogP contribution < -0.4 is 0 Å². The van der Waals surface area contributed by atoms with Gasteiger partial charge < -0.3 is 0 Å². The molecule has 0 heterocycles. The van der Waals surface area contributed by atoms with Gasteiger partial charge in [0, 0.05) is 0 Å². The zero-order valence-corrected chi connectivity index (χ0v) is 12.9. The molecule has 0 aliphatic carbocycles. The van der Waals surface area contributed by atoms with Crippen LogP contribution in [0.1, 0.15) is 60.3 Å². The Morgan fingerprint density at radius 3 is 2.00 bits per heavy atom. The third-order valence-corrected chi connectivity index (χ3v) is 3.27. The summed E-state index contributed by atoms with van der Waals surface area (Å²) in [7, 11) is 0. The molecule has 0 nitrogen and oxygen atoms in total. The van der Waals surface area contributed by atoms with Crippen molar-refractivity contribution in [1.82, 2.24) is 0 Å². The molecule has 0 rings (SSSR count). The second-order valence-electron chi connectivity index (χ2n) is 5.03. The molecular formula is C18H30. The lowest BCUT2D eigenvalue weighted by atomic mass is 9.84. The van der Waals surface area contributed by atoms with E-state index in [0.717, 1.165) is 0 Å². The van der Waals surface area contributed by atoms with Crippen molar-refractivity contribution >= 4 is 0 Å². The molecular weight excluding hydrogens is 216 g/mol. The van der Waals surface area contributed by atoms with Crippen LogP contribution in [0.25, 0.3) is 0 Å². The van der Waals surface area contributed by atoms with E-state index in [1.54, 1.807) is 0 Å². The van der Waals surface area contributed by atoms with Crippen LogP contribution >= 0.6 is 0 Å². The first-order valence-corrected chi connectivity index (χ1v) is 7.25. The molecule has 0 saturated carbocycles. The van der Waals surface area contributed by atoms with Gasteiger partial charge in [-0.05, 0) is 50.7 Å². The number of rotatable bonds is 8. The number of allylic oxidation sites excluding steroid dienone is 7. The summed E-state index contributed by atoms with van der Waals surface area (Å²) < 4.78 is 0. The van der Waals surface area contributed by atoms with Crippen LogP contribution in [-0.2, 0) is 0 Å². The molecule has 102 valence electrons. The molecule has 0 aromatic rings. The van der Waals surface area contributed by atoms with Crippen molar-refractivity contribution in [3.05, 3.63) is 47.6 Å². The molecule has 0 N–H and O–H groups in total. The van der Waals surface area contributed by atoms with Gasteiger partial charge in [-0.1, -0.05) is 63.1 Å². The van der Waals surface area contributed by atoms with Crippen LogP contribution in [0, 0.1) is 5.92 Å². The van der Waals surface area contributed by atoms with Gasteiger partial charge in [-0.2, -0.15) is 0 Å². The van der Waals surface area contributed by atoms with Gasteiger partial charge in [-0.25, -0.2) is 0 Å². The van der Waals surface area contributed by atoms with Crippen LogP contribution in [0.4, 0.5) is 0 Å². The average Bonchev–Trinajstić information content (AvgIpc) is 2.34. The van der Waals surface area contributed by atoms with Crippen molar-refractivity contribution in [3.8, 4) is 0 Å². The van der Waals surface area contributed by atoms with E-state index in [1.807, 2.05) is 12.2 Å². The predicted molar refractivity (Wildman–Crippen MR) is 84.8 cm³/mol. The molecule has 0 saturated heterocycles. The van der Waals surface area contributed by atoms with E-state index >= 15 is 0 Å². The highest BCUT2D eigenvalue weighted by molar-refractivity contribution is 5.44. The van der Waals surface area contributed by atoms with Gasteiger partial charge in [0.25, 0.3) is 0 Å². The number of hydrogen-bond acceptors (Lipinski definition) is 0. The summed E-state index contributed by atoms with van der Waals surface area (Å²) in [6, 6.07) is 0. The summed E-state index contributed by atoms with van der Waals surface area (Å²) in [4.78, 5) is 0. The standard InChI is InChI=1S/C18H30/c1-7-11-14-18(15(5)6)17(10-4)16(12-8-2)13-9-3/h7,10-11,14,16H,1,8-9,12-13H2,2-6H3/b14-11-,17-10-. The molecule has 18 heavy (non-hydrogen) atoms. The lowest BCUT2D eigenvalue weighted by Gasteiger charge is -2.21. The zero-order chi connectivity index (χ0) is 14.0. The van der Waals surface area contributed by atoms with Crippen molar-refractivity contribution in [2.45, 2.75) is 60.3 Å². The molecule has 0 aliphatic rings. The van der Waals surface area contributed by atoms with Gasteiger partial charge in [-0.15, -0.1) is 0 Å². The third kappa shape index (κ3) is 5.53. The Hall–Kier alpha value is -1.04. The molecule has 0 amide bonds. The molecule has 0 aliphatic heterocycles. The lowest BCUT2D eigenvalue weighted by Crippen LogP contribution is -2.06. The first kappa shape index (κ1) is 17.0. The van der Waals surface area contributed by atoms with E-state index in [2.05, 4.69) is 53.3 Å². The molecule has 0 bridgehead atoms. The van der Waals surface area contributed by atoms with E-state index in [9.17, 15) is 0 Å². The minimum absolute atomic E-state index is 0.698. The maximum atomic E-state index is 3.77. The third-order valence-electron chi connectivity index (χ3n) is 3.27. The van der Waals surface area contributed by atoms with Crippen molar-refractivity contribution in [2.24, 2.45) is 5.92 Å². The molecule has 0 fully saturated rings. The maximum absolute atomic E-state index is 3.77. The Balaban J connectivity index is 5.29. The first-order valence-electron chi connectivity index (χ1n) is 7.25. The molecule has 0 spiro atoms. The minimum atomic E-state index is 0.698. The Labute approximate surface area is 114 Å².